The molecule has 1 aliphatic rings. The van der Waals surface area contributed by atoms with E-state index in [-0.39, 0.29) is 19.5 Å². The number of carbonyl (C=O) groups excluding carboxylic acids is 4. The third-order valence-corrected chi connectivity index (χ3v) is 4.64. The Labute approximate surface area is 226 Å². The van der Waals surface area contributed by atoms with Gasteiger partial charge < -0.3 is 18.9 Å². The van der Waals surface area contributed by atoms with Crippen LogP contribution in [-0.4, -0.2) is 81.5 Å². The first kappa shape index (κ1) is 33.0. The van der Waals surface area contributed by atoms with Crippen LogP contribution in [0.2, 0.25) is 0 Å². The molecule has 0 aliphatic carbocycles. The topological polar surface area (TPSA) is 148 Å². The summed E-state index contributed by atoms with van der Waals surface area (Å²) in [7, 11) is 0. The molecule has 0 spiro atoms. The second-order valence-electron chi connectivity index (χ2n) is 13.4. The van der Waals surface area contributed by atoms with Gasteiger partial charge in [0.15, 0.2) is 0 Å². The Morgan fingerprint density at radius 2 is 1.26 bits per heavy atom. The van der Waals surface area contributed by atoms with E-state index in [1.165, 1.54) is 4.90 Å². The van der Waals surface area contributed by atoms with Gasteiger partial charge >= 0.3 is 24.2 Å². The first-order valence-corrected chi connectivity index (χ1v) is 12.7. The SMILES string of the molecule is CC(C)(C)OC(=O)NC(=N)N(C[C@H]1C[C@@H](C(=O)OC(C)(C)C)N(C(=O)OC(C)(C)C)C1)C(=O)OC(C)(C)C. The van der Waals surface area contributed by atoms with E-state index >= 15 is 0 Å². The molecular weight excluding hydrogens is 496 g/mol. The number of guanidine groups is 1. The molecule has 1 saturated heterocycles. The first-order chi connectivity index (χ1) is 16.9. The number of carbonyl (C=O) groups is 4. The Morgan fingerprint density at radius 1 is 0.789 bits per heavy atom. The van der Waals surface area contributed by atoms with Crippen molar-refractivity contribution in [1.82, 2.24) is 15.1 Å². The molecule has 0 aromatic rings. The zero-order chi connectivity index (χ0) is 29.9. The van der Waals surface area contributed by atoms with Gasteiger partial charge in [0.25, 0.3) is 0 Å². The zero-order valence-corrected chi connectivity index (χ0v) is 24.9. The van der Waals surface area contributed by atoms with Gasteiger partial charge in [-0.05, 0) is 95.4 Å². The second kappa shape index (κ2) is 11.8. The molecule has 12 heteroatoms. The van der Waals surface area contributed by atoms with Crippen LogP contribution in [0.15, 0.2) is 0 Å². The summed E-state index contributed by atoms with van der Waals surface area (Å²) in [5.74, 6) is -1.62. The number of likely N-dealkylation sites (tertiary alicyclic amines) is 1. The van der Waals surface area contributed by atoms with Gasteiger partial charge in [-0.2, -0.15) is 0 Å². The van der Waals surface area contributed by atoms with Gasteiger partial charge in [0.2, 0.25) is 5.96 Å². The first-order valence-electron chi connectivity index (χ1n) is 12.7. The van der Waals surface area contributed by atoms with Crippen molar-refractivity contribution in [3.63, 3.8) is 0 Å². The van der Waals surface area contributed by atoms with Crippen LogP contribution in [-0.2, 0) is 23.7 Å². The summed E-state index contributed by atoms with van der Waals surface area (Å²) in [6, 6.07) is -0.956. The van der Waals surface area contributed by atoms with Crippen LogP contribution in [0.25, 0.3) is 0 Å². The van der Waals surface area contributed by atoms with Crippen molar-refractivity contribution < 1.29 is 38.1 Å². The van der Waals surface area contributed by atoms with Crippen molar-refractivity contribution >= 4 is 30.2 Å². The van der Waals surface area contributed by atoms with Crippen molar-refractivity contribution in [2.75, 3.05) is 13.1 Å². The van der Waals surface area contributed by atoms with Crippen LogP contribution in [0.1, 0.15) is 89.5 Å². The Kier molecular flexibility index (Phi) is 10.2. The second-order valence-corrected chi connectivity index (χ2v) is 13.4. The van der Waals surface area contributed by atoms with Crippen LogP contribution in [0.5, 0.6) is 0 Å². The minimum atomic E-state index is -0.956. The van der Waals surface area contributed by atoms with Crippen LogP contribution < -0.4 is 5.32 Å². The molecule has 0 unspecified atom stereocenters. The fraction of sp³-hybridized carbons (Fsp3) is 0.808. The van der Waals surface area contributed by atoms with E-state index in [9.17, 15) is 19.2 Å². The van der Waals surface area contributed by atoms with E-state index in [1.54, 1.807) is 83.1 Å². The van der Waals surface area contributed by atoms with Crippen LogP contribution in [0, 0.1) is 11.3 Å². The maximum atomic E-state index is 13.0. The van der Waals surface area contributed by atoms with Crippen molar-refractivity contribution in [2.24, 2.45) is 5.92 Å². The van der Waals surface area contributed by atoms with E-state index in [0.717, 1.165) is 4.90 Å². The summed E-state index contributed by atoms with van der Waals surface area (Å²) in [5.41, 5.74) is -3.27. The van der Waals surface area contributed by atoms with Gasteiger partial charge in [-0.15, -0.1) is 0 Å². The van der Waals surface area contributed by atoms with Crippen molar-refractivity contribution in [1.29, 1.82) is 5.41 Å². The lowest BCUT2D eigenvalue weighted by atomic mass is 10.0. The Hall–Kier alpha value is -3.05. The van der Waals surface area contributed by atoms with Crippen LogP contribution in [0.4, 0.5) is 14.4 Å². The van der Waals surface area contributed by atoms with Gasteiger partial charge in [0, 0.05) is 13.1 Å². The lowest BCUT2D eigenvalue weighted by molar-refractivity contribution is -0.160. The average molecular weight is 543 g/mol. The lowest BCUT2D eigenvalue weighted by Gasteiger charge is -2.30. The summed E-state index contributed by atoms with van der Waals surface area (Å²) in [6.07, 6.45) is -2.33. The Bertz CT molecular complexity index is 870. The monoisotopic (exact) mass is 542 g/mol. The quantitative estimate of drug-likeness (QED) is 0.227. The number of hydrogen-bond donors (Lipinski definition) is 2. The maximum Gasteiger partial charge on any atom is 0.417 e. The molecule has 0 aromatic carbocycles. The molecule has 12 nitrogen and oxygen atoms in total. The zero-order valence-electron chi connectivity index (χ0n) is 24.9. The summed E-state index contributed by atoms with van der Waals surface area (Å²) in [5, 5.41) is 10.7. The maximum absolute atomic E-state index is 13.0. The third kappa shape index (κ3) is 12.0. The van der Waals surface area contributed by atoms with E-state index in [4.69, 9.17) is 24.4 Å². The summed E-state index contributed by atoms with van der Waals surface area (Å²) < 4.78 is 21.7. The molecule has 1 aliphatic heterocycles. The summed E-state index contributed by atoms with van der Waals surface area (Å²) >= 11 is 0. The number of hydrogen-bond acceptors (Lipinski definition) is 9. The van der Waals surface area contributed by atoms with Crippen LogP contribution in [0.3, 0.4) is 0 Å². The highest BCUT2D eigenvalue weighted by molar-refractivity contribution is 5.99. The smallest absolute Gasteiger partial charge is 0.417 e. The number of nitrogens with one attached hydrogen (secondary N) is 2. The molecule has 1 fully saturated rings. The van der Waals surface area contributed by atoms with E-state index < -0.39 is 64.6 Å². The highest BCUT2D eigenvalue weighted by Gasteiger charge is 2.45. The molecule has 38 heavy (non-hydrogen) atoms. The number of nitrogens with zero attached hydrogens (tertiary/aromatic N) is 2. The number of esters is 1. The minimum absolute atomic E-state index is 0.0534. The van der Waals surface area contributed by atoms with Gasteiger partial charge in [-0.25, -0.2) is 24.1 Å². The predicted molar refractivity (Wildman–Crippen MR) is 141 cm³/mol. The largest absolute Gasteiger partial charge is 0.458 e. The Balaban J connectivity index is 3.23. The molecule has 1 rings (SSSR count). The molecule has 2 N–H and O–H groups in total. The Morgan fingerprint density at radius 3 is 1.71 bits per heavy atom. The molecule has 0 bridgehead atoms. The molecule has 0 aromatic heterocycles. The standard InChI is InChI=1S/C26H46N4O8/c1-23(2,3)35-18(31)17-13-16(14-29(17)21(33)37-25(7,8)9)15-30(22(34)38-26(10,11)12)19(27)28-20(32)36-24(4,5)6/h16-17H,13-15H2,1-12H3,(H2,27,28,32)/t16-,17-/m0/s1. The van der Waals surface area contributed by atoms with Crippen LogP contribution >= 0.6 is 0 Å². The van der Waals surface area contributed by atoms with Crippen molar-refractivity contribution in [2.45, 2.75) is 118 Å². The molecule has 0 saturated carbocycles. The summed E-state index contributed by atoms with van der Waals surface area (Å²) in [4.78, 5) is 53.5. The molecule has 3 amide bonds. The molecule has 0 radical (unpaired) electrons. The van der Waals surface area contributed by atoms with Gasteiger partial charge in [-0.3, -0.25) is 15.6 Å². The highest BCUT2D eigenvalue weighted by Crippen LogP contribution is 2.29. The number of rotatable bonds is 3. The van der Waals surface area contributed by atoms with Gasteiger partial charge in [0.1, 0.15) is 28.4 Å². The molecular formula is C26H46N4O8. The highest BCUT2D eigenvalue weighted by atomic mass is 16.6. The number of alkyl carbamates (subject to hydrolysis) is 1. The number of ether oxygens (including phenoxy) is 4. The predicted octanol–water partition coefficient (Wildman–Crippen LogP) is 4.65. The van der Waals surface area contributed by atoms with Gasteiger partial charge in [0.05, 0.1) is 0 Å². The summed E-state index contributed by atoms with van der Waals surface area (Å²) in [6.45, 7) is 20.3. The minimum Gasteiger partial charge on any atom is -0.458 e. The van der Waals surface area contributed by atoms with E-state index in [2.05, 4.69) is 5.32 Å². The fourth-order valence-electron chi connectivity index (χ4n) is 3.47. The number of amides is 3. The molecule has 218 valence electrons. The molecule has 2 atom stereocenters. The normalized spacial score (nSPS) is 18.4. The fourth-order valence-corrected chi connectivity index (χ4v) is 3.47. The van der Waals surface area contributed by atoms with Crippen molar-refractivity contribution in [3.05, 3.63) is 0 Å². The average Bonchev–Trinajstić information content (AvgIpc) is 3.04. The third-order valence-electron chi connectivity index (χ3n) is 4.64. The molecule has 1 heterocycles. The van der Waals surface area contributed by atoms with Crippen molar-refractivity contribution in [3.8, 4) is 0 Å². The van der Waals surface area contributed by atoms with E-state index in [0.29, 0.717) is 0 Å². The van der Waals surface area contributed by atoms with E-state index in [1.807, 2.05) is 0 Å². The van der Waals surface area contributed by atoms with Gasteiger partial charge in [-0.1, -0.05) is 0 Å². The lowest BCUT2D eigenvalue weighted by Crippen LogP contribution is -2.51.